The Bertz CT molecular complexity index is 362. The van der Waals surface area contributed by atoms with Gasteiger partial charge in [0.1, 0.15) is 0 Å². The van der Waals surface area contributed by atoms with Crippen LogP contribution in [0.5, 0.6) is 0 Å². The average Bonchev–Trinajstić information content (AvgIpc) is 2.50. The molecule has 0 rings (SSSR count). The number of carbonyl (C=O) groups is 1. The molecule has 0 aliphatic heterocycles. The van der Waals surface area contributed by atoms with E-state index in [0.29, 0.717) is 0 Å². The van der Waals surface area contributed by atoms with Gasteiger partial charge in [-0.3, -0.25) is 4.79 Å². The van der Waals surface area contributed by atoms with E-state index in [0.717, 1.165) is 19.3 Å². The van der Waals surface area contributed by atoms with Crippen molar-refractivity contribution in [3.63, 3.8) is 0 Å². The smallest absolute Gasteiger partial charge is 0.303 e. The summed E-state index contributed by atoms with van der Waals surface area (Å²) in [7, 11) is 0. The molecule has 0 aromatic heterocycles. The Morgan fingerprint density at radius 2 is 1.23 bits per heavy atom. The van der Waals surface area contributed by atoms with Crippen molar-refractivity contribution < 1.29 is 9.90 Å². The minimum absolute atomic E-state index is 0.275. The number of aliphatic carboxylic acids is 1. The third-order valence-electron chi connectivity index (χ3n) is 3.31. The van der Waals surface area contributed by atoms with Crippen molar-refractivity contribution in [2.75, 3.05) is 0 Å². The van der Waals surface area contributed by atoms with Crippen LogP contribution in [-0.4, -0.2) is 11.1 Å². The van der Waals surface area contributed by atoms with Crippen LogP contribution in [-0.2, 0) is 4.79 Å². The summed E-state index contributed by atoms with van der Waals surface area (Å²) in [5.74, 6) is -0.706. The molecule has 0 fully saturated rings. The highest BCUT2D eigenvalue weighted by atomic mass is 16.4. The Labute approximate surface area is 136 Å². The van der Waals surface area contributed by atoms with Gasteiger partial charge in [-0.15, -0.1) is 0 Å². The van der Waals surface area contributed by atoms with Gasteiger partial charge in [0.25, 0.3) is 0 Å². The first-order chi connectivity index (χ1) is 10.8. The van der Waals surface area contributed by atoms with Crippen molar-refractivity contribution in [2.45, 2.75) is 71.1 Å². The Balaban J connectivity index is 3.45. The molecular weight excluding hydrogens is 272 g/mol. The average molecular weight is 304 g/mol. The topological polar surface area (TPSA) is 37.3 Å². The summed E-state index contributed by atoms with van der Waals surface area (Å²) in [5, 5.41) is 8.50. The third kappa shape index (κ3) is 18.4. The van der Waals surface area contributed by atoms with E-state index in [-0.39, 0.29) is 6.42 Å². The van der Waals surface area contributed by atoms with Crippen LogP contribution in [0.15, 0.2) is 48.6 Å². The molecule has 0 atom stereocenters. The zero-order valence-corrected chi connectivity index (χ0v) is 14.0. The first-order valence-corrected chi connectivity index (χ1v) is 8.64. The van der Waals surface area contributed by atoms with Crippen LogP contribution in [0.4, 0.5) is 0 Å². The van der Waals surface area contributed by atoms with Crippen molar-refractivity contribution in [1.82, 2.24) is 0 Å². The van der Waals surface area contributed by atoms with Crippen molar-refractivity contribution in [3.05, 3.63) is 48.6 Å². The van der Waals surface area contributed by atoms with E-state index in [4.69, 9.17) is 5.11 Å². The second kappa shape index (κ2) is 17.5. The van der Waals surface area contributed by atoms with E-state index >= 15 is 0 Å². The molecule has 0 unspecified atom stereocenters. The standard InChI is InChI=1S/C20H32O2/c1-2-3-4-5-6-7-8-9-10-11-12-13-14-15-16-17-18-19-20(21)22/h8-15H,2-7,16-19H2,1H3,(H,21,22)/b9-8?,11-10?,13-12+,15-14+. The molecule has 0 heterocycles. The highest BCUT2D eigenvalue weighted by Gasteiger charge is 1.93. The van der Waals surface area contributed by atoms with Gasteiger partial charge in [0, 0.05) is 6.42 Å². The van der Waals surface area contributed by atoms with Gasteiger partial charge in [-0.05, 0) is 32.1 Å². The summed E-state index contributed by atoms with van der Waals surface area (Å²) in [5.41, 5.74) is 0. The summed E-state index contributed by atoms with van der Waals surface area (Å²) >= 11 is 0. The minimum Gasteiger partial charge on any atom is -0.481 e. The monoisotopic (exact) mass is 304 g/mol. The molecule has 0 aromatic rings. The van der Waals surface area contributed by atoms with Crippen molar-refractivity contribution in [2.24, 2.45) is 0 Å². The number of allylic oxidation sites excluding steroid dienone is 8. The number of hydrogen-bond acceptors (Lipinski definition) is 1. The van der Waals surface area contributed by atoms with Gasteiger partial charge in [0.05, 0.1) is 0 Å². The molecule has 0 amide bonds. The molecule has 1 N–H and O–H groups in total. The van der Waals surface area contributed by atoms with E-state index in [2.05, 4.69) is 31.2 Å². The molecule has 124 valence electrons. The Kier molecular flexibility index (Phi) is 16.2. The van der Waals surface area contributed by atoms with Gasteiger partial charge in [0.15, 0.2) is 0 Å². The molecule has 0 aliphatic carbocycles. The summed E-state index contributed by atoms with van der Waals surface area (Å²) in [4.78, 5) is 10.3. The lowest BCUT2D eigenvalue weighted by Gasteiger charge is -1.95. The van der Waals surface area contributed by atoms with Crippen LogP contribution in [0.1, 0.15) is 71.1 Å². The van der Waals surface area contributed by atoms with Gasteiger partial charge in [-0.1, -0.05) is 81.2 Å². The molecular formula is C20H32O2. The van der Waals surface area contributed by atoms with Crippen LogP contribution in [0, 0.1) is 0 Å². The maximum absolute atomic E-state index is 10.3. The maximum atomic E-state index is 10.3. The minimum atomic E-state index is -0.706. The Hall–Kier alpha value is -1.57. The van der Waals surface area contributed by atoms with Crippen molar-refractivity contribution in [3.8, 4) is 0 Å². The molecule has 0 aliphatic rings. The van der Waals surface area contributed by atoms with Crippen molar-refractivity contribution in [1.29, 1.82) is 0 Å². The highest BCUT2D eigenvalue weighted by molar-refractivity contribution is 5.66. The Morgan fingerprint density at radius 3 is 1.77 bits per heavy atom. The maximum Gasteiger partial charge on any atom is 0.303 e. The normalized spacial score (nSPS) is 12.4. The van der Waals surface area contributed by atoms with Crippen LogP contribution in [0.3, 0.4) is 0 Å². The fraction of sp³-hybridized carbons (Fsp3) is 0.550. The fourth-order valence-corrected chi connectivity index (χ4v) is 2.01. The second-order valence-corrected chi connectivity index (χ2v) is 5.47. The first-order valence-electron chi connectivity index (χ1n) is 8.64. The van der Waals surface area contributed by atoms with E-state index in [9.17, 15) is 4.79 Å². The predicted octanol–water partition coefficient (Wildman–Crippen LogP) is 6.22. The lowest BCUT2D eigenvalue weighted by atomic mass is 10.1. The number of unbranched alkanes of at least 4 members (excludes halogenated alkanes) is 7. The highest BCUT2D eigenvalue weighted by Crippen LogP contribution is 2.05. The van der Waals surface area contributed by atoms with Gasteiger partial charge >= 0.3 is 5.97 Å². The van der Waals surface area contributed by atoms with Gasteiger partial charge in [-0.25, -0.2) is 0 Å². The zero-order chi connectivity index (χ0) is 16.3. The third-order valence-corrected chi connectivity index (χ3v) is 3.31. The van der Waals surface area contributed by atoms with Crippen molar-refractivity contribution >= 4 is 5.97 Å². The van der Waals surface area contributed by atoms with Crippen LogP contribution in [0.25, 0.3) is 0 Å². The molecule has 22 heavy (non-hydrogen) atoms. The van der Waals surface area contributed by atoms with Crippen LogP contribution >= 0.6 is 0 Å². The quantitative estimate of drug-likeness (QED) is 0.305. The van der Waals surface area contributed by atoms with Gasteiger partial charge < -0.3 is 5.11 Å². The predicted molar refractivity (Wildman–Crippen MR) is 96.0 cm³/mol. The summed E-state index contributed by atoms with van der Waals surface area (Å²) in [6.07, 6.45) is 27.3. The lowest BCUT2D eigenvalue weighted by Crippen LogP contribution is -1.92. The summed E-state index contributed by atoms with van der Waals surface area (Å²) in [6, 6.07) is 0. The van der Waals surface area contributed by atoms with E-state index in [1.54, 1.807) is 0 Å². The lowest BCUT2D eigenvalue weighted by molar-refractivity contribution is -0.137. The molecule has 0 spiro atoms. The van der Waals surface area contributed by atoms with E-state index < -0.39 is 5.97 Å². The molecule has 2 nitrogen and oxygen atoms in total. The molecule has 0 aromatic carbocycles. The van der Waals surface area contributed by atoms with Crippen LogP contribution < -0.4 is 0 Å². The number of rotatable bonds is 14. The van der Waals surface area contributed by atoms with Gasteiger partial charge in [-0.2, -0.15) is 0 Å². The number of hydrogen-bond donors (Lipinski definition) is 1. The molecule has 2 heteroatoms. The fourth-order valence-electron chi connectivity index (χ4n) is 2.01. The largest absolute Gasteiger partial charge is 0.481 e. The second-order valence-electron chi connectivity index (χ2n) is 5.47. The zero-order valence-electron chi connectivity index (χ0n) is 14.0. The molecule has 0 saturated carbocycles. The summed E-state index contributed by atoms with van der Waals surface area (Å²) in [6.45, 7) is 2.24. The summed E-state index contributed by atoms with van der Waals surface area (Å²) < 4.78 is 0. The number of carboxylic acids is 1. The van der Waals surface area contributed by atoms with E-state index in [1.807, 2.05) is 24.3 Å². The number of carboxylic acid groups (broad SMARTS) is 1. The molecule has 0 bridgehead atoms. The molecule has 0 saturated heterocycles. The van der Waals surface area contributed by atoms with Gasteiger partial charge in [0.2, 0.25) is 0 Å². The van der Waals surface area contributed by atoms with Crippen LogP contribution in [0.2, 0.25) is 0 Å². The molecule has 0 radical (unpaired) electrons. The SMILES string of the molecule is CCCCCCCC=CC=C/C=C/C=C/CCCCC(=O)O. The Morgan fingerprint density at radius 1 is 0.727 bits per heavy atom. The first kappa shape index (κ1) is 20.4. The van der Waals surface area contributed by atoms with E-state index in [1.165, 1.54) is 38.5 Å².